The molecule has 2 heterocycles. The quantitative estimate of drug-likeness (QED) is 0.767. The summed E-state index contributed by atoms with van der Waals surface area (Å²) in [6, 6.07) is 9.94. The summed E-state index contributed by atoms with van der Waals surface area (Å²) in [5, 5.41) is 18.0. The number of para-hydroxylation sites is 1. The summed E-state index contributed by atoms with van der Waals surface area (Å²) in [6.07, 6.45) is -0.651. The van der Waals surface area contributed by atoms with Gasteiger partial charge in [0.05, 0.1) is 5.52 Å². The number of benzene rings is 1. The lowest BCUT2D eigenvalue weighted by molar-refractivity contribution is 0.215. The summed E-state index contributed by atoms with van der Waals surface area (Å²) in [4.78, 5) is 1.14. The van der Waals surface area contributed by atoms with Gasteiger partial charge in [-0.2, -0.15) is 5.10 Å². The highest BCUT2D eigenvalue weighted by Crippen LogP contribution is 2.31. The first-order chi connectivity index (χ1) is 8.68. The minimum Gasteiger partial charge on any atom is -0.382 e. The second-order valence-corrected chi connectivity index (χ2v) is 5.48. The summed E-state index contributed by atoms with van der Waals surface area (Å²) in [5.41, 5.74) is 2.72. The summed E-state index contributed by atoms with van der Waals surface area (Å²) in [7, 11) is 1.90. The summed E-state index contributed by atoms with van der Waals surface area (Å²) in [6.45, 7) is 2.02. The molecule has 0 fully saturated rings. The van der Waals surface area contributed by atoms with Crippen LogP contribution in [0.1, 0.15) is 22.2 Å². The molecule has 0 aliphatic rings. The monoisotopic (exact) mass is 258 g/mol. The Morgan fingerprint density at radius 2 is 2.06 bits per heavy atom. The van der Waals surface area contributed by atoms with Crippen molar-refractivity contribution >= 4 is 22.2 Å². The number of aliphatic hydroxyl groups is 1. The van der Waals surface area contributed by atoms with Crippen LogP contribution in [-0.4, -0.2) is 14.9 Å². The SMILES string of the molecule is Cc1sccc1C(O)c1nn(C)c2ccccc12. The molecule has 1 unspecified atom stereocenters. The van der Waals surface area contributed by atoms with Gasteiger partial charge in [0.2, 0.25) is 0 Å². The molecule has 0 saturated carbocycles. The van der Waals surface area contributed by atoms with Gasteiger partial charge in [-0.15, -0.1) is 11.3 Å². The van der Waals surface area contributed by atoms with E-state index in [4.69, 9.17) is 0 Å². The zero-order valence-corrected chi connectivity index (χ0v) is 11.1. The average Bonchev–Trinajstić information content (AvgIpc) is 2.94. The van der Waals surface area contributed by atoms with Crippen LogP contribution in [0.5, 0.6) is 0 Å². The molecule has 2 aromatic heterocycles. The highest BCUT2D eigenvalue weighted by Gasteiger charge is 2.20. The van der Waals surface area contributed by atoms with Crippen molar-refractivity contribution in [3.63, 3.8) is 0 Å². The molecule has 0 amide bonds. The van der Waals surface area contributed by atoms with E-state index in [-0.39, 0.29) is 0 Å². The fourth-order valence-corrected chi connectivity index (χ4v) is 3.00. The van der Waals surface area contributed by atoms with Crippen LogP contribution in [0.2, 0.25) is 0 Å². The van der Waals surface area contributed by atoms with Gasteiger partial charge in [0.15, 0.2) is 0 Å². The number of aryl methyl sites for hydroxylation is 2. The Kier molecular flexibility index (Phi) is 2.69. The fraction of sp³-hybridized carbons (Fsp3) is 0.214. The van der Waals surface area contributed by atoms with E-state index in [1.165, 1.54) is 0 Å². The average molecular weight is 258 g/mol. The van der Waals surface area contributed by atoms with Crippen LogP contribution in [0, 0.1) is 6.92 Å². The standard InChI is InChI=1S/C14H14N2OS/c1-9-10(7-8-18-9)14(17)13-11-5-3-4-6-12(11)16(2)15-13/h3-8,14,17H,1-2H3. The van der Waals surface area contributed by atoms with Crippen molar-refractivity contribution in [2.45, 2.75) is 13.0 Å². The van der Waals surface area contributed by atoms with Gasteiger partial charge in [-0.25, -0.2) is 0 Å². The van der Waals surface area contributed by atoms with Crippen molar-refractivity contribution in [2.24, 2.45) is 7.05 Å². The Labute approximate surface area is 109 Å². The summed E-state index contributed by atoms with van der Waals surface area (Å²) in [5.74, 6) is 0. The minimum absolute atomic E-state index is 0.651. The molecule has 92 valence electrons. The van der Waals surface area contributed by atoms with E-state index < -0.39 is 6.10 Å². The number of rotatable bonds is 2. The van der Waals surface area contributed by atoms with Crippen LogP contribution < -0.4 is 0 Å². The number of hydrogen-bond acceptors (Lipinski definition) is 3. The van der Waals surface area contributed by atoms with Crippen molar-refractivity contribution in [2.75, 3.05) is 0 Å². The molecule has 0 bridgehead atoms. The smallest absolute Gasteiger partial charge is 0.124 e. The van der Waals surface area contributed by atoms with Gasteiger partial charge in [0, 0.05) is 22.9 Å². The van der Waals surface area contributed by atoms with Crippen LogP contribution in [0.3, 0.4) is 0 Å². The van der Waals surface area contributed by atoms with Crippen LogP contribution in [0.4, 0.5) is 0 Å². The van der Waals surface area contributed by atoms with Gasteiger partial charge in [-0.1, -0.05) is 18.2 Å². The van der Waals surface area contributed by atoms with Gasteiger partial charge < -0.3 is 5.11 Å². The molecule has 1 atom stereocenters. The van der Waals surface area contributed by atoms with E-state index in [1.807, 2.05) is 54.4 Å². The van der Waals surface area contributed by atoms with Crippen molar-refractivity contribution < 1.29 is 5.11 Å². The molecular formula is C14H14N2OS. The first-order valence-electron chi connectivity index (χ1n) is 5.82. The molecule has 3 aromatic rings. The third-order valence-electron chi connectivity index (χ3n) is 3.24. The molecule has 3 rings (SSSR count). The maximum absolute atomic E-state index is 10.5. The van der Waals surface area contributed by atoms with E-state index in [2.05, 4.69) is 5.10 Å². The Hall–Kier alpha value is -1.65. The topological polar surface area (TPSA) is 38.1 Å². The summed E-state index contributed by atoms with van der Waals surface area (Å²) >= 11 is 1.65. The van der Waals surface area contributed by atoms with Crippen molar-refractivity contribution in [3.05, 3.63) is 51.8 Å². The molecule has 0 spiro atoms. The fourth-order valence-electron chi connectivity index (χ4n) is 2.27. The first kappa shape index (κ1) is 11.4. The molecular weight excluding hydrogens is 244 g/mol. The lowest BCUT2D eigenvalue weighted by Crippen LogP contribution is -2.02. The lowest BCUT2D eigenvalue weighted by Gasteiger charge is -2.07. The lowest BCUT2D eigenvalue weighted by atomic mass is 10.0. The Balaban J connectivity index is 2.18. The molecule has 4 heteroatoms. The van der Waals surface area contributed by atoms with Crippen molar-refractivity contribution in [1.29, 1.82) is 0 Å². The molecule has 18 heavy (non-hydrogen) atoms. The van der Waals surface area contributed by atoms with E-state index >= 15 is 0 Å². The predicted molar refractivity (Wildman–Crippen MR) is 73.8 cm³/mol. The third kappa shape index (κ3) is 1.65. The number of hydrogen-bond donors (Lipinski definition) is 1. The second kappa shape index (κ2) is 4.23. The number of aromatic nitrogens is 2. The van der Waals surface area contributed by atoms with Gasteiger partial charge in [-0.3, -0.25) is 4.68 Å². The Morgan fingerprint density at radius 3 is 2.78 bits per heavy atom. The highest BCUT2D eigenvalue weighted by molar-refractivity contribution is 7.10. The van der Waals surface area contributed by atoms with E-state index in [0.29, 0.717) is 0 Å². The zero-order chi connectivity index (χ0) is 12.7. The van der Waals surface area contributed by atoms with Gasteiger partial charge in [0.1, 0.15) is 11.8 Å². The van der Waals surface area contributed by atoms with E-state index in [0.717, 1.165) is 27.0 Å². The van der Waals surface area contributed by atoms with E-state index in [1.54, 1.807) is 11.3 Å². The van der Waals surface area contributed by atoms with Crippen molar-refractivity contribution in [1.82, 2.24) is 9.78 Å². The maximum Gasteiger partial charge on any atom is 0.124 e. The summed E-state index contributed by atoms with van der Waals surface area (Å²) < 4.78 is 1.82. The minimum atomic E-state index is -0.651. The largest absolute Gasteiger partial charge is 0.382 e. The van der Waals surface area contributed by atoms with Crippen LogP contribution in [0.25, 0.3) is 10.9 Å². The Morgan fingerprint density at radius 1 is 1.28 bits per heavy atom. The third-order valence-corrected chi connectivity index (χ3v) is 4.10. The molecule has 1 aromatic carbocycles. The van der Waals surface area contributed by atoms with Gasteiger partial charge in [-0.05, 0) is 24.4 Å². The van der Waals surface area contributed by atoms with E-state index in [9.17, 15) is 5.11 Å². The van der Waals surface area contributed by atoms with Crippen LogP contribution in [-0.2, 0) is 7.05 Å². The highest BCUT2D eigenvalue weighted by atomic mass is 32.1. The predicted octanol–water partition coefficient (Wildman–Crippen LogP) is 3.02. The Bertz CT molecular complexity index is 699. The normalized spacial score (nSPS) is 13.1. The first-order valence-corrected chi connectivity index (χ1v) is 6.70. The molecule has 1 N–H and O–H groups in total. The van der Waals surface area contributed by atoms with Crippen LogP contribution in [0.15, 0.2) is 35.7 Å². The molecule has 0 aliphatic heterocycles. The molecule has 0 aliphatic carbocycles. The zero-order valence-electron chi connectivity index (χ0n) is 10.3. The number of thiophene rings is 1. The molecule has 3 nitrogen and oxygen atoms in total. The molecule has 0 radical (unpaired) electrons. The second-order valence-electron chi connectivity index (χ2n) is 4.36. The molecule has 0 saturated heterocycles. The number of nitrogens with zero attached hydrogens (tertiary/aromatic N) is 2. The van der Waals surface area contributed by atoms with Crippen LogP contribution >= 0.6 is 11.3 Å². The van der Waals surface area contributed by atoms with Gasteiger partial charge in [0.25, 0.3) is 0 Å². The number of fused-ring (bicyclic) bond motifs is 1. The number of aliphatic hydroxyl groups excluding tert-OH is 1. The maximum atomic E-state index is 10.5. The van der Waals surface area contributed by atoms with Crippen molar-refractivity contribution in [3.8, 4) is 0 Å². The van der Waals surface area contributed by atoms with Gasteiger partial charge >= 0.3 is 0 Å².